The van der Waals surface area contributed by atoms with Gasteiger partial charge in [-0.3, -0.25) is 9.69 Å². The highest BCUT2D eigenvalue weighted by atomic mass is 16.5. The summed E-state index contributed by atoms with van der Waals surface area (Å²) in [6.45, 7) is 19.9. The molecule has 0 bridgehead atoms. The van der Waals surface area contributed by atoms with Crippen molar-refractivity contribution in [2.24, 2.45) is 5.73 Å². The van der Waals surface area contributed by atoms with Crippen LogP contribution in [0.25, 0.3) is 0 Å². The number of ether oxygens (including phenoxy) is 4. The number of nitrogens with two attached hydrogens (primary N) is 1. The maximum Gasteiger partial charge on any atom is 0.236 e. The smallest absolute Gasteiger partial charge is 0.236 e. The number of hydrogen-bond acceptors (Lipinski definition) is 10. The number of nitriles is 1. The van der Waals surface area contributed by atoms with Crippen molar-refractivity contribution in [2.45, 2.75) is 64.3 Å². The Morgan fingerprint density at radius 3 is 2.28 bits per heavy atom. The minimum absolute atomic E-state index is 0.0490. The number of fused-ring (bicyclic) bond motifs is 2. The van der Waals surface area contributed by atoms with E-state index in [0.717, 1.165) is 27.8 Å². The third-order valence-corrected chi connectivity index (χ3v) is 8.77. The molecule has 0 spiro atoms. The van der Waals surface area contributed by atoms with E-state index >= 15 is 0 Å². The van der Waals surface area contributed by atoms with Crippen molar-refractivity contribution in [3.8, 4) is 34.8 Å². The molecule has 2 aromatic carbocycles. The Balaban J connectivity index is 2.06. The monoisotopic (exact) mass is 645 g/mol. The van der Waals surface area contributed by atoms with E-state index in [-0.39, 0.29) is 44.1 Å². The predicted molar refractivity (Wildman–Crippen MR) is 181 cm³/mol. The molecule has 1 amide bonds. The molecule has 2 heterocycles. The first-order valence-corrected chi connectivity index (χ1v) is 15.8. The number of nitrogens with one attached hydrogen (secondary N) is 2. The summed E-state index contributed by atoms with van der Waals surface area (Å²) in [5.74, 6) is 1.67. The maximum absolute atomic E-state index is 12.9. The number of aromatic hydroxyl groups is 1. The summed E-state index contributed by atoms with van der Waals surface area (Å²) in [5, 5.41) is 28.7. The van der Waals surface area contributed by atoms with Crippen molar-refractivity contribution in [1.82, 2.24) is 15.5 Å². The molecule has 5 N–H and O–H groups in total. The van der Waals surface area contributed by atoms with Crippen molar-refractivity contribution < 1.29 is 28.8 Å². The van der Waals surface area contributed by atoms with Crippen LogP contribution in [-0.2, 0) is 11.2 Å². The molecule has 1 saturated heterocycles. The number of carbonyl (C=O) groups is 1. The van der Waals surface area contributed by atoms with E-state index in [2.05, 4.69) is 41.3 Å². The maximum atomic E-state index is 12.9. The average molecular weight is 646 g/mol. The van der Waals surface area contributed by atoms with E-state index in [1.807, 2.05) is 26.8 Å². The van der Waals surface area contributed by atoms with Gasteiger partial charge in [0.05, 0.1) is 31.3 Å². The van der Waals surface area contributed by atoms with Crippen LogP contribution in [0.2, 0.25) is 0 Å². The highest BCUT2D eigenvalue weighted by Crippen LogP contribution is 2.54. The third-order valence-electron chi connectivity index (χ3n) is 8.77. The van der Waals surface area contributed by atoms with Crippen molar-refractivity contribution in [2.75, 3.05) is 40.0 Å². The third kappa shape index (κ3) is 6.81. The molecule has 0 aromatic heterocycles. The second-order valence-corrected chi connectivity index (χ2v) is 11.9. The van der Waals surface area contributed by atoms with E-state index in [0.29, 0.717) is 41.5 Å². The van der Waals surface area contributed by atoms with Gasteiger partial charge in [-0.1, -0.05) is 44.0 Å². The van der Waals surface area contributed by atoms with Crippen LogP contribution in [0.15, 0.2) is 44.0 Å². The molecule has 0 radical (unpaired) electrons. The van der Waals surface area contributed by atoms with Gasteiger partial charge in [0.25, 0.3) is 0 Å². The van der Waals surface area contributed by atoms with Crippen LogP contribution in [0.5, 0.6) is 28.7 Å². The van der Waals surface area contributed by atoms with Gasteiger partial charge in [0.2, 0.25) is 5.91 Å². The lowest BCUT2D eigenvalue weighted by atomic mass is 9.77. The first-order chi connectivity index (χ1) is 22.6. The van der Waals surface area contributed by atoms with Gasteiger partial charge in [0, 0.05) is 41.4 Å². The van der Waals surface area contributed by atoms with Crippen molar-refractivity contribution in [3.63, 3.8) is 0 Å². The van der Waals surface area contributed by atoms with Crippen molar-refractivity contribution in [1.29, 1.82) is 5.26 Å². The first kappa shape index (κ1) is 35.4. The zero-order valence-corrected chi connectivity index (χ0v) is 28.0. The van der Waals surface area contributed by atoms with Crippen LogP contribution in [-0.4, -0.2) is 74.1 Å². The molecule has 5 atom stereocenters. The quantitative estimate of drug-likeness (QED) is 0.222. The second kappa shape index (κ2) is 15.4. The Kier molecular flexibility index (Phi) is 11.6. The lowest BCUT2D eigenvalue weighted by Crippen LogP contribution is -2.63. The molecule has 5 unspecified atom stereocenters. The zero-order chi connectivity index (χ0) is 34.4. The Morgan fingerprint density at radius 1 is 1.09 bits per heavy atom. The van der Waals surface area contributed by atoms with Gasteiger partial charge in [-0.15, -0.1) is 0 Å². The largest absolute Gasteiger partial charge is 0.504 e. The van der Waals surface area contributed by atoms with Crippen molar-refractivity contribution in [3.05, 3.63) is 77.4 Å². The minimum atomic E-state index is -0.747. The number of benzene rings is 2. The van der Waals surface area contributed by atoms with Crippen LogP contribution >= 0.6 is 0 Å². The molecule has 11 heteroatoms. The number of hydrogen-bond donors (Lipinski definition) is 4. The number of aryl methyl sites for hydroxylation is 2. The number of piperazine rings is 1. The van der Waals surface area contributed by atoms with E-state index in [1.165, 1.54) is 7.11 Å². The topological polar surface area (TPSA) is 151 Å². The average Bonchev–Trinajstić information content (AvgIpc) is 3.04. The molecule has 2 aliphatic rings. The Hall–Kier alpha value is -4.50. The van der Waals surface area contributed by atoms with Crippen LogP contribution < -0.4 is 35.3 Å². The lowest BCUT2D eigenvalue weighted by molar-refractivity contribution is -0.122. The standard InChI is InChI=1S/C36H47N5O6/c1-9-12-45-33-22(6)34(46-13-10-2)35(47-14-11-3)29-25(33)16-26-30(28-20(4)15-21(5)32(44-8)31(28)42)39-18-24(17-37)41(26)27(29)19-40-36(43)23(7)38/h9-11,15,23-24,26-27,30,39,42H,1-3,12-14,16,18-19,38H2,4-8H3,(H,40,43). The number of methoxy groups -OCH3 is 1. The number of nitrogens with zero attached hydrogens (tertiary/aromatic N) is 2. The number of phenolic OH excluding ortho intramolecular Hbond substituents is 1. The molecule has 2 aliphatic heterocycles. The van der Waals surface area contributed by atoms with Crippen LogP contribution in [0.4, 0.5) is 0 Å². The molecule has 1 fully saturated rings. The number of carbonyl (C=O) groups excluding carboxylic acids is 1. The summed E-state index contributed by atoms with van der Waals surface area (Å²) in [5.41, 5.74) is 10.6. The minimum Gasteiger partial charge on any atom is -0.504 e. The number of rotatable bonds is 14. The predicted octanol–water partition coefficient (Wildman–Crippen LogP) is 3.99. The van der Waals surface area contributed by atoms with E-state index in [9.17, 15) is 15.2 Å². The zero-order valence-electron chi connectivity index (χ0n) is 28.0. The van der Waals surface area contributed by atoms with Gasteiger partial charge in [-0.05, 0) is 45.2 Å². The fourth-order valence-electron chi connectivity index (χ4n) is 6.88. The summed E-state index contributed by atoms with van der Waals surface area (Å²) in [4.78, 5) is 15.0. The van der Waals surface area contributed by atoms with Gasteiger partial charge < -0.3 is 40.4 Å². The molecule has 2 aromatic rings. The number of phenols is 1. The normalized spacial score (nSPS) is 20.9. The lowest BCUT2D eigenvalue weighted by Gasteiger charge is -2.52. The van der Waals surface area contributed by atoms with Crippen LogP contribution in [0, 0.1) is 32.1 Å². The van der Waals surface area contributed by atoms with Gasteiger partial charge >= 0.3 is 0 Å². The number of amides is 1. The summed E-state index contributed by atoms with van der Waals surface area (Å²) in [6.07, 6.45) is 5.38. The van der Waals surface area contributed by atoms with Crippen LogP contribution in [0.3, 0.4) is 0 Å². The Bertz CT molecular complexity index is 1560. The fraction of sp³-hybridized carbons (Fsp3) is 0.444. The molecule has 11 nitrogen and oxygen atoms in total. The molecule has 252 valence electrons. The highest BCUT2D eigenvalue weighted by molar-refractivity contribution is 5.81. The molecule has 0 aliphatic carbocycles. The summed E-state index contributed by atoms with van der Waals surface area (Å²) < 4.78 is 24.6. The SMILES string of the molecule is C=CCOc1c(C)c(OCC=C)c(OCC=C)c2c1CC1C(c3c(C)cc(C)c(OC)c3O)NCC(C#N)N1C2CNC(=O)C(C)N. The highest BCUT2D eigenvalue weighted by Gasteiger charge is 2.49. The molecular weight excluding hydrogens is 598 g/mol. The van der Waals surface area contributed by atoms with E-state index in [4.69, 9.17) is 24.7 Å². The van der Waals surface area contributed by atoms with Gasteiger partial charge in [0.15, 0.2) is 23.0 Å². The van der Waals surface area contributed by atoms with Gasteiger partial charge in [-0.25, -0.2) is 0 Å². The summed E-state index contributed by atoms with van der Waals surface area (Å²) >= 11 is 0. The van der Waals surface area contributed by atoms with Crippen molar-refractivity contribution >= 4 is 5.91 Å². The van der Waals surface area contributed by atoms with Gasteiger partial charge in [0.1, 0.15) is 31.6 Å². The summed E-state index contributed by atoms with van der Waals surface area (Å²) in [6, 6.07) is 1.75. The van der Waals surface area contributed by atoms with Crippen LogP contribution in [0.1, 0.15) is 52.4 Å². The summed E-state index contributed by atoms with van der Waals surface area (Å²) in [7, 11) is 1.53. The molecule has 4 rings (SSSR count). The first-order valence-electron chi connectivity index (χ1n) is 15.8. The molecular formula is C36H47N5O6. The molecule has 0 saturated carbocycles. The fourth-order valence-corrected chi connectivity index (χ4v) is 6.88. The van der Waals surface area contributed by atoms with E-state index < -0.39 is 24.2 Å². The molecule has 47 heavy (non-hydrogen) atoms. The van der Waals surface area contributed by atoms with Gasteiger partial charge in [-0.2, -0.15) is 5.26 Å². The Morgan fingerprint density at radius 2 is 1.70 bits per heavy atom. The second-order valence-electron chi connectivity index (χ2n) is 11.9. The van der Waals surface area contributed by atoms with E-state index in [1.54, 1.807) is 25.2 Å². The Labute approximate surface area is 277 Å².